The molecule has 0 unspecified atom stereocenters. The second kappa shape index (κ2) is 7.05. The van der Waals surface area contributed by atoms with Crippen molar-refractivity contribution in [2.45, 2.75) is 19.4 Å². The minimum atomic E-state index is -0.132. The molecule has 8 heteroatoms. The average Bonchev–Trinajstić information content (AvgIpc) is 3.11. The zero-order chi connectivity index (χ0) is 18.9. The van der Waals surface area contributed by atoms with E-state index in [-0.39, 0.29) is 11.9 Å². The van der Waals surface area contributed by atoms with Gasteiger partial charge in [-0.1, -0.05) is 0 Å². The lowest BCUT2D eigenvalue weighted by atomic mass is 10.0. The van der Waals surface area contributed by atoms with Crippen LogP contribution in [-0.2, 0) is 11.3 Å². The Morgan fingerprint density at radius 1 is 1.14 bits per heavy atom. The second-order valence-corrected chi connectivity index (χ2v) is 6.93. The summed E-state index contributed by atoms with van der Waals surface area (Å²) in [6, 6.07) is 7.48. The summed E-state index contributed by atoms with van der Waals surface area (Å²) in [6.45, 7) is 2.55. The fraction of sp³-hybridized carbons (Fsp3) is 0.300. The molecule has 1 aromatic carbocycles. The van der Waals surface area contributed by atoms with Crippen LogP contribution in [0, 0.1) is 5.92 Å². The fourth-order valence-corrected chi connectivity index (χ4v) is 3.54. The van der Waals surface area contributed by atoms with Crippen LogP contribution >= 0.6 is 0 Å². The molecule has 4 heterocycles. The van der Waals surface area contributed by atoms with Crippen LogP contribution < -0.4 is 4.74 Å². The number of aromatic nitrogens is 5. The predicted molar refractivity (Wildman–Crippen MR) is 102 cm³/mol. The minimum absolute atomic E-state index is 0.0759. The maximum Gasteiger partial charge on any atom is 0.325 e. The molecule has 1 aliphatic heterocycles. The van der Waals surface area contributed by atoms with Crippen LogP contribution in [0.1, 0.15) is 12.8 Å². The first kappa shape index (κ1) is 16.9. The molecule has 3 aromatic heterocycles. The third kappa shape index (κ3) is 3.22. The molecule has 0 saturated carbocycles. The normalized spacial score (nSPS) is 15.3. The molecule has 1 saturated heterocycles. The Hall–Kier alpha value is -3.26. The molecular weight excluding hydrogens is 358 g/mol. The van der Waals surface area contributed by atoms with Crippen LogP contribution in [0.15, 0.2) is 42.9 Å². The molecular formula is C20H19N5O3. The number of rotatable bonds is 4. The number of hydrogen-bond donors (Lipinski definition) is 1. The van der Waals surface area contributed by atoms with Crippen molar-refractivity contribution in [2.75, 3.05) is 13.2 Å². The van der Waals surface area contributed by atoms with Gasteiger partial charge in [0.05, 0.1) is 28.8 Å². The van der Waals surface area contributed by atoms with E-state index in [1.54, 1.807) is 18.5 Å². The van der Waals surface area contributed by atoms with Gasteiger partial charge in [-0.15, -0.1) is 0 Å². The number of ether oxygens (including phenoxy) is 2. The monoisotopic (exact) mass is 377 g/mol. The van der Waals surface area contributed by atoms with Crippen molar-refractivity contribution in [3.05, 3.63) is 42.9 Å². The molecule has 1 N–H and O–H groups in total. The molecule has 0 bridgehead atoms. The Morgan fingerprint density at radius 2 is 2.04 bits per heavy atom. The van der Waals surface area contributed by atoms with Crippen molar-refractivity contribution in [1.82, 2.24) is 24.7 Å². The smallest absolute Gasteiger partial charge is 0.325 e. The first-order chi connectivity index (χ1) is 13.8. The van der Waals surface area contributed by atoms with Crippen molar-refractivity contribution in [1.29, 1.82) is 0 Å². The van der Waals surface area contributed by atoms with Gasteiger partial charge in [0.2, 0.25) is 5.88 Å². The van der Waals surface area contributed by atoms with E-state index in [1.165, 1.54) is 0 Å². The second-order valence-electron chi connectivity index (χ2n) is 6.93. The van der Waals surface area contributed by atoms with E-state index in [4.69, 9.17) is 9.47 Å². The largest absolute Gasteiger partial charge is 0.493 e. The Balaban J connectivity index is 1.40. The Kier molecular flexibility index (Phi) is 4.25. The molecule has 0 radical (unpaired) electrons. The van der Waals surface area contributed by atoms with Crippen LogP contribution in [0.5, 0.6) is 17.6 Å². The lowest BCUT2D eigenvalue weighted by Crippen LogP contribution is -2.20. The summed E-state index contributed by atoms with van der Waals surface area (Å²) in [6.07, 6.45) is 7.12. The molecule has 0 aliphatic carbocycles. The molecule has 0 amide bonds. The maximum absolute atomic E-state index is 10.1. The van der Waals surface area contributed by atoms with E-state index >= 15 is 0 Å². The van der Waals surface area contributed by atoms with Gasteiger partial charge in [0.25, 0.3) is 0 Å². The van der Waals surface area contributed by atoms with Crippen molar-refractivity contribution < 1.29 is 14.6 Å². The Labute approximate surface area is 160 Å². The van der Waals surface area contributed by atoms with E-state index in [0.29, 0.717) is 22.6 Å². The van der Waals surface area contributed by atoms with Crippen LogP contribution in [0.2, 0.25) is 0 Å². The zero-order valence-electron chi connectivity index (χ0n) is 15.2. The van der Waals surface area contributed by atoms with Gasteiger partial charge in [0, 0.05) is 31.3 Å². The molecule has 8 nitrogen and oxygen atoms in total. The van der Waals surface area contributed by atoms with E-state index in [2.05, 4.69) is 20.1 Å². The van der Waals surface area contributed by atoms with Gasteiger partial charge in [-0.05, 0) is 43.0 Å². The number of fused-ring (bicyclic) bond motifs is 2. The van der Waals surface area contributed by atoms with E-state index < -0.39 is 0 Å². The molecule has 5 rings (SSSR count). The van der Waals surface area contributed by atoms with E-state index in [1.807, 2.05) is 29.1 Å². The van der Waals surface area contributed by atoms with Crippen molar-refractivity contribution in [3.8, 4) is 17.6 Å². The molecule has 0 atom stereocenters. The third-order valence-electron chi connectivity index (χ3n) is 5.05. The summed E-state index contributed by atoms with van der Waals surface area (Å²) in [5, 5.41) is 16.1. The first-order valence-corrected chi connectivity index (χ1v) is 9.28. The third-order valence-corrected chi connectivity index (χ3v) is 5.05. The van der Waals surface area contributed by atoms with E-state index in [0.717, 1.165) is 43.5 Å². The van der Waals surface area contributed by atoms with Crippen molar-refractivity contribution in [2.24, 2.45) is 5.92 Å². The highest BCUT2D eigenvalue weighted by Crippen LogP contribution is 2.28. The Morgan fingerprint density at radius 3 is 2.93 bits per heavy atom. The van der Waals surface area contributed by atoms with Crippen LogP contribution in [-0.4, -0.2) is 43.1 Å². The topological polar surface area (TPSA) is 95.2 Å². The van der Waals surface area contributed by atoms with Gasteiger partial charge in [-0.3, -0.25) is 9.67 Å². The standard InChI is InChI=1S/C20H19N5O3/c26-19-16-3-6-21-11-17(16)23-20(24-19)28-15-1-2-18-14(9-15)10-22-25(18)12-13-4-7-27-8-5-13/h1-3,6,9-11,13H,4-5,7-8,12H2,(H,23,24,26). The summed E-state index contributed by atoms with van der Waals surface area (Å²) in [5.74, 6) is 1.05. The van der Waals surface area contributed by atoms with Crippen molar-refractivity contribution in [3.63, 3.8) is 0 Å². The summed E-state index contributed by atoms with van der Waals surface area (Å²) in [5.41, 5.74) is 1.58. The van der Waals surface area contributed by atoms with Gasteiger partial charge in [-0.25, -0.2) is 0 Å². The van der Waals surface area contributed by atoms with Gasteiger partial charge in [0.1, 0.15) is 5.75 Å². The fourth-order valence-electron chi connectivity index (χ4n) is 3.54. The number of nitrogens with zero attached hydrogens (tertiary/aromatic N) is 5. The molecule has 4 aromatic rings. The number of hydrogen-bond acceptors (Lipinski definition) is 7. The lowest BCUT2D eigenvalue weighted by Gasteiger charge is -2.22. The van der Waals surface area contributed by atoms with Gasteiger partial charge < -0.3 is 14.6 Å². The van der Waals surface area contributed by atoms with Gasteiger partial charge >= 0.3 is 6.01 Å². The SMILES string of the molecule is Oc1nc(Oc2ccc3c(cnn3CC3CCOCC3)c2)nc2cnccc12. The quantitative estimate of drug-likeness (QED) is 0.583. The maximum atomic E-state index is 10.1. The number of pyridine rings is 1. The molecule has 1 aliphatic rings. The van der Waals surface area contributed by atoms with Crippen molar-refractivity contribution >= 4 is 21.8 Å². The van der Waals surface area contributed by atoms with Gasteiger partial charge in [-0.2, -0.15) is 15.1 Å². The average molecular weight is 377 g/mol. The van der Waals surface area contributed by atoms with E-state index in [9.17, 15) is 5.11 Å². The first-order valence-electron chi connectivity index (χ1n) is 9.28. The molecule has 142 valence electrons. The zero-order valence-corrected chi connectivity index (χ0v) is 15.2. The summed E-state index contributed by atoms with van der Waals surface area (Å²) in [7, 11) is 0. The van der Waals surface area contributed by atoms with Crippen LogP contribution in [0.3, 0.4) is 0 Å². The summed E-state index contributed by atoms with van der Waals surface area (Å²) in [4.78, 5) is 12.3. The highest BCUT2D eigenvalue weighted by atomic mass is 16.5. The van der Waals surface area contributed by atoms with Gasteiger partial charge in [0.15, 0.2) is 0 Å². The predicted octanol–water partition coefficient (Wildman–Crippen LogP) is 3.30. The minimum Gasteiger partial charge on any atom is -0.493 e. The molecule has 1 fully saturated rings. The number of aromatic hydroxyl groups is 1. The highest BCUT2D eigenvalue weighted by Gasteiger charge is 2.16. The summed E-state index contributed by atoms with van der Waals surface area (Å²) >= 11 is 0. The number of benzene rings is 1. The highest BCUT2D eigenvalue weighted by molar-refractivity contribution is 5.82. The lowest BCUT2D eigenvalue weighted by molar-refractivity contribution is 0.0605. The molecule has 0 spiro atoms. The van der Waals surface area contributed by atoms with Crippen LogP contribution in [0.25, 0.3) is 21.8 Å². The Bertz CT molecular complexity index is 1140. The van der Waals surface area contributed by atoms with Crippen LogP contribution in [0.4, 0.5) is 0 Å². The summed E-state index contributed by atoms with van der Waals surface area (Å²) < 4.78 is 13.2. The molecule has 28 heavy (non-hydrogen) atoms.